The van der Waals surface area contributed by atoms with Gasteiger partial charge in [-0.3, -0.25) is 18.6 Å². The van der Waals surface area contributed by atoms with Crippen molar-refractivity contribution in [1.82, 2.24) is 5.32 Å². The first-order valence-electron chi connectivity index (χ1n) is 10.0. The molecule has 0 saturated heterocycles. The molecule has 10 heteroatoms. The van der Waals surface area contributed by atoms with Gasteiger partial charge in [-0.15, -0.1) is 0 Å². The molecule has 28 heavy (non-hydrogen) atoms. The van der Waals surface area contributed by atoms with Crippen LogP contribution in [0.4, 0.5) is 0 Å². The maximum atomic E-state index is 11.7. The van der Waals surface area contributed by atoms with Crippen LogP contribution in [0, 0.1) is 0 Å². The van der Waals surface area contributed by atoms with Crippen molar-refractivity contribution in [3.8, 4) is 0 Å². The number of amides is 1. The number of phosphoric ester groups is 1. The number of hydrogen-bond acceptors (Lipinski definition) is 7. The van der Waals surface area contributed by atoms with E-state index in [9.17, 15) is 24.2 Å². The zero-order valence-corrected chi connectivity index (χ0v) is 18.0. The van der Waals surface area contributed by atoms with E-state index in [1.807, 2.05) is 6.92 Å². The van der Waals surface area contributed by atoms with Crippen molar-refractivity contribution >= 4 is 19.7 Å². The lowest BCUT2D eigenvalue weighted by atomic mass is 10.1. The molecule has 1 amide bonds. The summed E-state index contributed by atoms with van der Waals surface area (Å²) >= 11 is 0. The summed E-state index contributed by atoms with van der Waals surface area (Å²) in [6.07, 6.45) is 6.59. The third kappa shape index (κ3) is 17.1. The summed E-state index contributed by atoms with van der Waals surface area (Å²) in [7, 11) is -4.36. The molecule has 0 heterocycles. The quantitative estimate of drug-likeness (QED) is 0.174. The highest BCUT2D eigenvalue weighted by Crippen LogP contribution is 2.42. The van der Waals surface area contributed by atoms with Gasteiger partial charge in [-0.25, -0.2) is 4.57 Å². The molecule has 0 aliphatic carbocycles. The van der Waals surface area contributed by atoms with Crippen LogP contribution < -0.4 is 5.32 Å². The van der Waals surface area contributed by atoms with Crippen LogP contribution in [0.1, 0.15) is 71.6 Å². The maximum absolute atomic E-state index is 11.7. The van der Waals surface area contributed by atoms with Crippen LogP contribution in [0.2, 0.25) is 0 Å². The second-order valence-electron chi connectivity index (χ2n) is 6.55. The number of aliphatic hydroxyl groups is 1. The van der Waals surface area contributed by atoms with Crippen molar-refractivity contribution < 1.29 is 37.9 Å². The third-order valence-electron chi connectivity index (χ3n) is 3.76. The minimum atomic E-state index is -4.36. The molecule has 0 aliphatic heterocycles. The zero-order valence-electron chi connectivity index (χ0n) is 17.1. The average molecular weight is 425 g/mol. The molecule has 0 aliphatic rings. The van der Waals surface area contributed by atoms with E-state index in [0.29, 0.717) is 12.8 Å². The predicted molar refractivity (Wildman–Crippen MR) is 105 cm³/mol. The van der Waals surface area contributed by atoms with E-state index in [2.05, 4.69) is 16.8 Å². The lowest BCUT2D eigenvalue weighted by Gasteiger charge is -2.15. The van der Waals surface area contributed by atoms with Crippen molar-refractivity contribution in [3.63, 3.8) is 0 Å². The van der Waals surface area contributed by atoms with E-state index in [1.54, 1.807) is 0 Å². The SMILES string of the molecule is CCCCCCCCC(=O)NCCOP(=O)(O)OCC(O)COC(=O)CCC. The number of carbonyl (C=O) groups is 2. The van der Waals surface area contributed by atoms with Gasteiger partial charge in [0.2, 0.25) is 5.91 Å². The second kappa shape index (κ2) is 16.9. The Labute approximate surface area is 167 Å². The van der Waals surface area contributed by atoms with Crippen LogP contribution in [0.25, 0.3) is 0 Å². The van der Waals surface area contributed by atoms with Gasteiger partial charge >= 0.3 is 13.8 Å². The van der Waals surface area contributed by atoms with Gasteiger partial charge in [0.25, 0.3) is 0 Å². The van der Waals surface area contributed by atoms with Crippen molar-refractivity contribution in [1.29, 1.82) is 0 Å². The summed E-state index contributed by atoms with van der Waals surface area (Å²) in [6, 6.07) is 0. The summed E-state index contributed by atoms with van der Waals surface area (Å²) in [5, 5.41) is 12.2. The van der Waals surface area contributed by atoms with E-state index < -0.39 is 26.5 Å². The van der Waals surface area contributed by atoms with Gasteiger partial charge < -0.3 is 20.1 Å². The Morgan fingerprint density at radius 3 is 2.32 bits per heavy atom. The molecule has 0 spiro atoms. The summed E-state index contributed by atoms with van der Waals surface area (Å²) in [6.45, 7) is 3.01. The highest BCUT2D eigenvalue weighted by Gasteiger charge is 2.23. The van der Waals surface area contributed by atoms with E-state index in [0.717, 1.165) is 19.3 Å². The first-order valence-corrected chi connectivity index (χ1v) is 11.5. The Morgan fingerprint density at radius 1 is 0.964 bits per heavy atom. The molecule has 0 aromatic heterocycles. The first-order chi connectivity index (χ1) is 13.3. The Morgan fingerprint density at radius 2 is 1.64 bits per heavy atom. The topological polar surface area (TPSA) is 131 Å². The van der Waals surface area contributed by atoms with Crippen molar-refractivity contribution in [3.05, 3.63) is 0 Å². The summed E-state index contributed by atoms with van der Waals surface area (Å²) < 4.78 is 25.8. The number of ether oxygens (including phenoxy) is 1. The lowest BCUT2D eigenvalue weighted by molar-refractivity contribution is -0.147. The molecule has 0 rings (SSSR count). The van der Waals surface area contributed by atoms with E-state index in [4.69, 9.17) is 9.26 Å². The van der Waals surface area contributed by atoms with Crippen molar-refractivity contribution in [2.75, 3.05) is 26.4 Å². The Bertz CT molecular complexity index is 475. The van der Waals surface area contributed by atoms with Crippen LogP contribution in [-0.4, -0.2) is 54.3 Å². The van der Waals surface area contributed by atoms with Gasteiger partial charge in [-0.1, -0.05) is 46.0 Å². The number of phosphoric acid groups is 1. The van der Waals surface area contributed by atoms with E-state index in [-0.39, 0.29) is 32.1 Å². The smallest absolute Gasteiger partial charge is 0.463 e. The monoisotopic (exact) mass is 425 g/mol. The zero-order chi connectivity index (χ0) is 21.3. The lowest BCUT2D eigenvalue weighted by Crippen LogP contribution is -2.27. The number of hydrogen-bond donors (Lipinski definition) is 3. The standard InChI is InChI=1S/C18H36NO8P/c1-3-5-6-7-8-9-11-17(21)19-12-13-26-28(23,24)27-15-16(20)14-25-18(22)10-4-2/h16,20H,3-15H2,1-2H3,(H,19,21)(H,23,24). The van der Waals surface area contributed by atoms with Crippen LogP contribution >= 0.6 is 7.82 Å². The molecule has 3 N–H and O–H groups in total. The van der Waals surface area contributed by atoms with Crippen molar-refractivity contribution in [2.24, 2.45) is 0 Å². The van der Waals surface area contributed by atoms with Gasteiger partial charge in [0.1, 0.15) is 12.7 Å². The molecule has 0 bridgehead atoms. The molecule has 0 fully saturated rings. The molecular formula is C18H36NO8P. The molecular weight excluding hydrogens is 389 g/mol. The van der Waals surface area contributed by atoms with Gasteiger partial charge in [0.15, 0.2) is 0 Å². The minimum Gasteiger partial charge on any atom is -0.463 e. The number of aliphatic hydroxyl groups excluding tert-OH is 1. The molecule has 2 atom stereocenters. The number of unbranched alkanes of at least 4 members (excludes halogenated alkanes) is 5. The van der Waals surface area contributed by atoms with Crippen LogP contribution in [0.3, 0.4) is 0 Å². The minimum absolute atomic E-state index is 0.0831. The molecule has 0 radical (unpaired) electrons. The Hall–Kier alpha value is -0.990. The number of rotatable bonds is 18. The molecule has 0 saturated carbocycles. The highest BCUT2D eigenvalue weighted by atomic mass is 31.2. The number of carbonyl (C=O) groups excluding carboxylic acids is 2. The molecule has 166 valence electrons. The fourth-order valence-electron chi connectivity index (χ4n) is 2.24. The fraction of sp³-hybridized carbons (Fsp3) is 0.889. The first kappa shape index (κ1) is 27.0. The molecule has 9 nitrogen and oxygen atoms in total. The van der Waals surface area contributed by atoms with Gasteiger partial charge in [0, 0.05) is 19.4 Å². The molecule has 0 aromatic carbocycles. The summed E-state index contributed by atoms with van der Waals surface area (Å²) in [5.41, 5.74) is 0. The van der Waals surface area contributed by atoms with E-state index in [1.165, 1.54) is 19.3 Å². The summed E-state index contributed by atoms with van der Waals surface area (Å²) in [5.74, 6) is -0.584. The highest BCUT2D eigenvalue weighted by molar-refractivity contribution is 7.47. The largest absolute Gasteiger partial charge is 0.472 e. The molecule has 0 aromatic rings. The van der Waals surface area contributed by atoms with Gasteiger partial charge in [-0.05, 0) is 12.8 Å². The number of esters is 1. The molecule has 2 unspecified atom stereocenters. The average Bonchev–Trinajstić information content (AvgIpc) is 2.65. The number of nitrogens with one attached hydrogen (secondary N) is 1. The van der Waals surface area contributed by atoms with E-state index >= 15 is 0 Å². The predicted octanol–water partition coefficient (Wildman–Crippen LogP) is 2.69. The van der Waals surface area contributed by atoms with Gasteiger partial charge in [0.05, 0.1) is 13.2 Å². The summed E-state index contributed by atoms with van der Waals surface area (Å²) in [4.78, 5) is 32.3. The maximum Gasteiger partial charge on any atom is 0.472 e. The third-order valence-corrected chi connectivity index (χ3v) is 4.74. The fourth-order valence-corrected chi connectivity index (χ4v) is 2.99. The van der Waals surface area contributed by atoms with Crippen LogP contribution in [0.5, 0.6) is 0 Å². The Balaban J connectivity index is 3.74. The van der Waals surface area contributed by atoms with Gasteiger partial charge in [-0.2, -0.15) is 0 Å². The van der Waals surface area contributed by atoms with Crippen molar-refractivity contribution in [2.45, 2.75) is 77.7 Å². The second-order valence-corrected chi connectivity index (χ2v) is 8.01. The van der Waals surface area contributed by atoms with Crippen LogP contribution in [0.15, 0.2) is 0 Å². The Kier molecular flexibility index (Phi) is 16.3. The normalized spacial score (nSPS) is 14.3. The van der Waals surface area contributed by atoms with Crippen LogP contribution in [-0.2, 0) is 27.9 Å².